The Bertz CT molecular complexity index is 310. The third kappa shape index (κ3) is 4.11. The maximum absolute atomic E-state index is 9.46. The van der Waals surface area contributed by atoms with Crippen molar-refractivity contribution in [1.29, 1.82) is 0 Å². The van der Waals surface area contributed by atoms with Crippen LogP contribution in [0.25, 0.3) is 0 Å². The lowest BCUT2D eigenvalue weighted by Gasteiger charge is -2.09. The monoisotopic (exact) mass is 224 g/mol. The van der Waals surface area contributed by atoms with Gasteiger partial charge in [0.15, 0.2) is 0 Å². The number of hydrogen-bond donors (Lipinski definition) is 2. The van der Waals surface area contributed by atoms with E-state index in [1.807, 2.05) is 13.0 Å². The van der Waals surface area contributed by atoms with Crippen molar-refractivity contribution in [2.24, 2.45) is 0 Å². The molecule has 0 bridgehead atoms. The molecule has 2 N–H and O–H groups in total. The van der Waals surface area contributed by atoms with Gasteiger partial charge in [0.2, 0.25) is 0 Å². The van der Waals surface area contributed by atoms with Crippen LogP contribution in [0.3, 0.4) is 0 Å². The third-order valence-electron chi connectivity index (χ3n) is 2.57. The van der Waals surface area contributed by atoms with Crippen LogP contribution in [0.1, 0.15) is 31.2 Å². The number of unbranched alkanes of at least 4 members (excludes halogenated alkanes) is 3. The van der Waals surface area contributed by atoms with E-state index >= 15 is 0 Å². The number of benzene rings is 1. The molecule has 90 valence electrons. The van der Waals surface area contributed by atoms with Crippen LogP contribution in [-0.2, 0) is 0 Å². The van der Waals surface area contributed by atoms with Gasteiger partial charge in [0, 0.05) is 12.2 Å². The molecule has 0 radical (unpaired) electrons. The van der Waals surface area contributed by atoms with Crippen molar-refractivity contribution in [2.75, 3.05) is 13.2 Å². The van der Waals surface area contributed by atoms with Gasteiger partial charge in [-0.2, -0.15) is 0 Å². The summed E-state index contributed by atoms with van der Waals surface area (Å²) in [6, 6.07) is 5.30. The Balaban J connectivity index is 2.24. The Hall–Kier alpha value is -1.22. The van der Waals surface area contributed by atoms with E-state index in [4.69, 9.17) is 9.84 Å². The molecule has 3 heteroatoms. The summed E-state index contributed by atoms with van der Waals surface area (Å²) >= 11 is 0. The molecular formula is C13H20O3. The zero-order valence-electron chi connectivity index (χ0n) is 9.78. The predicted octanol–water partition coefficient (Wildman–Crippen LogP) is 2.63. The van der Waals surface area contributed by atoms with Gasteiger partial charge in [-0.05, 0) is 38.3 Å². The van der Waals surface area contributed by atoms with Gasteiger partial charge in [-0.1, -0.05) is 12.5 Å². The summed E-state index contributed by atoms with van der Waals surface area (Å²) in [4.78, 5) is 0. The average Bonchev–Trinajstić information content (AvgIpc) is 2.29. The Morgan fingerprint density at radius 3 is 2.62 bits per heavy atom. The lowest BCUT2D eigenvalue weighted by molar-refractivity contribution is 0.272. The van der Waals surface area contributed by atoms with E-state index in [9.17, 15) is 5.11 Å². The van der Waals surface area contributed by atoms with Crippen LogP contribution in [0.4, 0.5) is 0 Å². The van der Waals surface area contributed by atoms with Gasteiger partial charge < -0.3 is 14.9 Å². The molecule has 0 aromatic heterocycles. The number of phenolic OH excluding ortho intramolecular Hbond substituents is 1. The molecule has 0 amide bonds. The topological polar surface area (TPSA) is 49.7 Å². The van der Waals surface area contributed by atoms with Gasteiger partial charge in [0.05, 0.1) is 6.61 Å². The molecule has 0 saturated carbocycles. The first kappa shape index (κ1) is 12.8. The molecular weight excluding hydrogens is 204 g/mol. The van der Waals surface area contributed by atoms with Crippen molar-refractivity contribution in [3.05, 3.63) is 23.8 Å². The zero-order chi connectivity index (χ0) is 11.8. The predicted molar refractivity (Wildman–Crippen MR) is 63.9 cm³/mol. The molecule has 16 heavy (non-hydrogen) atoms. The maximum atomic E-state index is 9.46. The summed E-state index contributed by atoms with van der Waals surface area (Å²) in [6.45, 7) is 2.78. The molecule has 0 aliphatic carbocycles. The molecule has 0 aliphatic rings. The molecule has 0 unspecified atom stereocenters. The smallest absolute Gasteiger partial charge is 0.125 e. The van der Waals surface area contributed by atoms with Crippen LogP contribution in [0.2, 0.25) is 0 Å². The molecule has 3 nitrogen and oxygen atoms in total. The summed E-state index contributed by atoms with van der Waals surface area (Å²) in [5, 5.41) is 18.1. The molecule has 0 saturated heterocycles. The van der Waals surface area contributed by atoms with Crippen LogP contribution in [0.5, 0.6) is 11.5 Å². The highest BCUT2D eigenvalue weighted by Gasteiger charge is 2.02. The first-order valence-corrected chi connectivity index (χ1v) is 5.78. The lowest BCUT2D eigenvalue weighted by Crippen LogP contribution is -1.99. The molecule has 0 atom stereocenters. The van der Waals surface area contributed by atoms with Crippen molar-refractivity contribution < 1.29 is 14.9 Å². The van der Waals surface area contributed by atoms with E-state index in [1.54, 1.807) is 12.1 Å². The van der Waals surface area contributed by atoms with Gasteiger partial charge in [0.25, 0.3) is 0 Å². The van der Waals surface area contributed by atoms with Crippen LogP contribution >= 0.6 is 0 Å². The Morgan fingerprint density at radius 1 is 1.12 bits per heavy atom. The van der Waals surface area contributed by atoms with E-state index in [0.717, 1.165) is 37.0 Å². The van der Waals surface area contributed by atoms with Crippen LogP contribution in [0, 0.1) is 6.92 Å². The number of ether oxygens (including phenoxy) is 1. The number of rotatable bonds is 7. The van der Waals surface area contributed by atoms with Gasteiger partial charge in [-0.15, -0.1) is 0 Å². The Labute approximate surface area is 96.7 Å². The van der Waals surface area contributed by atoms with Crippen molar-refractivity contribution in [3.63, 3.8) is 0 Å². The number of aliphatic hydroxyl groups excluding tert-OH is 1. The molecule has 0 heterocycles. The molecule has 0 spiro atoms. The van der Waals surface area contributed by atoms with E-state index in [1.165, 1.54) is 0 Å². The van der Waals surface area contributed by atoms with E-state index in [0.29, 0.717) is 6.61 Å². The minimum atomic E-state index is 0.270. The van der Waals surface area contributed by atoms with Gasteiger partial charge in [-0.25, -0.2) is 0 Å². The fourth-order valence-electron chi connectivity index (χ4n) is 1.51. The maximum Gasteiger partial charge on any atom is 0.125 e. The zero-order valence-corrected chi connectivity index (χ0v) is 9.78. The quantitative estimate of drug-likeness (QED) is 0.700. The summed E-state index contributed by atoms with van der Waals surface area (Å²) < 4.78 is 5.58. The highest BCUT2D eigenvalue weighted by molar-refractivity contribution is 5.42. The second-order valence-corrected chi connectivity index (χ2v) is 3.89. The molecule has 1 aromatic carbocycles. The number of aromatic hydroxyl groups is 1. The lowest BCUT2D eigenvalue weighted by atomic mass is 10.2. The normalized spacial score (nSPS) is 10.4. The second kappa shape index (κ2) is 7.12. The molecule has 1 rings (SSSR count). The van der Waals surface area contributed by atoms with Crippen molar-refractivity contribution in [1.82, 2.24) is 0 Å². The Morgan fingerprint density at radius 2 is 1.88 bits per heavy atom. The fourth-order valence-corrected chi connectivity index (χ4v) is 1.51. The summed E-state index contributed by atoms with van der Waals surface area (Å²) in [6.07, 6.45) is 3.96. The van der Waals surface area contributed by atoms with E-state index in [-0.39, 0.29) is 12.4 Å². The van der Waals surface area contributed by atoms with Gasteiger partial charge in [-0.3, -0.25) is 0 Å². The largest absolute Gasteiger partial charge is 0.508 e. The highest BCUT2D eigenvalue weighted by atomic mass is 16.5. The summed E-state index contributed by atoms with van der Waals surface area (Å²) in [7, 11) is 0. The fraction of sp³-hybridized carbons (Fsp3) is 0.538. The van der Waals surface area contributed by atoms with Crippen LogP contribution in [-0.4, -0.2) is 23.4 Å². The second-order valence-electron chi connectivity index (χ2n) is 3.89. The van der Waals surface area contributed by atoms with Crippen LogP contribution in [0.15, 0.2) is 18.2 Å². The molecule has 1 aromatic rings. The first-order chi connectivity index (χ1) is 7.75. The molecule has 0 fully saturated rings. The summed E-state index contributed by atoms with van der Waals surface area (Å²) in [5.74, 6) is 1.03. The minimum absolute atomic E-state index is 0.270. The molecule has 0 aliphatic heterocycles. The van der Waals surface area contributed by atoms with Crippen molar-refractivity contribution in [3.8, 4) is 11.5 Å². The van der Waals surface area contributed by atoms with E-state index < -0.39 is 0 Å². The van der Waals surface area contributed by atoms with Gasteiger partial charge in [0.1, 0.15) is 11.5 Å². The van der Waals surface area contributed by atoms with Gasteiger partial charge >= 0.3 is 0 Å². The average molecular weight is 224 g/mol. The minimum Gasteiger partial charge on any atom is -0.508 e. The van der Waals surface area contributed by atoms with E-state index in [2.05, 4.69) is 0 Å². The number of phenols is 1. The standard InChI is InChI=1S/C13H20O3/c1-11-12(15)7-6-8-13(11)16-10-5-3-2-4-9-14/h6-8,14-15H,2-5,9-10H2,1H3. The SMILES string of the molecule is Cc1c(O)cccc1OCCCCCCO. The number of aliphatic hydroxyl groups is 1. The first-order valence-electron chi connectivity index (χ1n) is 5.78. The van der Waals surface area contributed by atoms with Crippen molar-refractivity contribution in [2.45, 2.75) is 32.6 Å². The van der Waals surface area contributed by atoms with Crippen molar-refractivity contribution >= 4 is 0 Å². The van der Waals surface area contributed by atoms with Crippen LogP contribution < -0.4 is 4.74 Å². The third-order valence-corrected chi connectivity index (χ3v) is 2.57. The highest BCUT2D eigenvalue weighted by Crippen LogP contribution is 2.26. The Kier molecular flexibility index (Phi) is 5.72. The number of hydrogen-bond acceptors (Lipinski definition) is 3. The summed E-state index contributed by atoms with van der Waals surface area (Å²) in [5.41, 5.74) is 0.790.